The van der Waals surface area contributed by atoms with Gasteiger partial charge in [0.15, 0.2) is 0 Å². The highest BCUT2D eigenvalue weighted by atomic mass is 16.1. The Labute approximate surface area is 128 Å². The van der Waals surface area contributed by atoms with E-state index in [9.17, 15) is 4.79 Å². The minimum Gasteiger partial charge on any atom is -0.343 e. The molecule has 3 aromatic rings. The van der Waals surface area contributed by atoms with Crippen LogP contribution < -0.4 is 5.32 Å². The SMILES string of the molecule is CC(NC(=O)/C=C/c1ccccc1)c1nc2ccccc2[nH]1. The lowest BCUT2D eigenvalue weighted by molar-refractivity contribution is -0.117. The van der Waals surface area contributed by atoms with Crippen LogP contribution in [0.15, 0.2) is 60.7 Å². The van der Waals surface area contributed by atoms with Crippen LogP contribution >= 0.6 is 0 Å². The molecule has 0 aliphatic rings. The zero-order valence-electron chi connectivity index (χ0n) is 12.3. The summed E-state index contributed by atoms with van der Waals surface area (Å²) >= 11 is 0. The van der Waals surface area contributed by atoms with Crippen LogP contribution in [0.25, 0.3) is 17.1 Å². The van der Waals surface area contributed by atoms with E-state index in [2.05, 4.69) is 15.3 Å². The van der Waals surface area contributed by atoms with Gasteiger partial charge in [-0.1, -0.05) is 42.5 Å². The fraction of sp³-hybridized carbons (Fsp3) is 0.111. The van der Waals surface area contributed by atoms with E-state index in [1.54, 1.807) is 6.08 Å². The number of hydrogen-bond donors (Lipinski definition) is 2. The second-order valence-corrected chi connectivity index (χ2v) is 5.11. The van der Waals surface area contributed by atoms with Gasteiger partial charge in [0.05, 0.1) is 17.1 Å². The number of nitrogens with one attached hydrogen (secondary N) is 2. The number of fused-ring (bicyclic) bond motifs is 1. The Bertz CT molecular complexity index is 772. The topological polar surface area (TPSA) is 57.8 Å². The van der Waals surface area contributed by atoms with Gasteiger partial charge in [-0.2, -0.15) is 0 Å². The number of rotatable bonds is 4. The Balaban J connectivity index is 1.67. The first-order chi connectivity index (χ1) is 10.7. The van der Waals surface area contributed by atoms with Gasteiger partial charge < -0.3 is 10.3 Å². The predicted octanol–water partition coefficient (Wildman–Crippen LogP) is 3.45. The molecule has 2 aromatic carbocycles. The standard InChI is InChI=1S/C18H17N3O/c1-13(18-20-15-9-5-6-10-16(15)21-18)19-17(22)12-11-14-7-3-2-4-8-14/h2-13H,1H3,(H,19,22)(H,20,21)/b12-11+. The highest BCUT2D eigenvalue weighted by Crippen LogP contribution is 2.15. The Kier molecular flexibility index (Phi) is 4.01. The molecule has 0 fully saturated rings. The number of amides is 1. The fourth-order valence-corrected chi connectivity index (χ4v) is 2.24. The maximum absolute atomic E-state index is 12.0. The van der Waals surface area contributed by atoms with E-state index in [1.165, 1.54) is 6.08 Å². The number of H-pyrrole nitrogens is 1. The van der Waals surface area contributed by atoms with Crippen molar-refractivity contribution in [2.24, 2.45) is 0 Å². The van der Waals surface area contributed by atoms with Gasteiger partial charge in [-0.3, -0.25) is 4.79 Å². The van der Waals surface area contributed by atoms with E-state index in [0.29, 0.717) is 0 Å². The number of benzene rings is 2. The lowest BCUT2D eigenvalue weighted by Crippen LogP contribution is -2.25. The van der Waals surface area contributed by atoms with Gasteiger partial charge >= 0.3 is 0 Å². The van der Waals surface area contributed by atoms with Gasteiger partial charge in [-0.25, -0.2) is 4.98 Å². The minimum absolute atomic E-state index is 0.142. The highest BCUT2D eigenvalue weighted by molar-refractivity contribution is 5.92. The summed E-state index contributed by atoms with van der Waals surface area (Å²) in [4.78, 5) is 19.7. The zero-order chi connectivity index (χ0) is 15.4. The van der Waals surface area contributed by atoms with Crippen LogP contribution in [0.5, 0.6) is 0 Å². The molecule has 0 saturated heterocycles. The summed E-state index contributed by atoms with van der Waals surface area (Å²) in [5.74, 6) is 0.611. The number of para-hydroxylation sites is 2. The van der Waals surface area contributed by atoms with Crippen LogP contribution in [0.2, 0.25) is 0 Å². The first-order valence-corrected chi connectivity index (χ1v) is 7.20. The largest absolute Gasteiger partial charge is 0.343 e. The summed E-state index contributed by atoms with van der Waals surface area (Å²) in [7, 11) is 0. The molecule has 1 amide bonds. The summed E-state index contributed by atoms with van der Waals surface area (Å²) in [5.41, 5.74) is 2.87. The minimum atomic E-state index is -0.180. The number of aromatic amines is 1. The average molecular weight is 291 g/mol. The van der Waals surface area contributed by atoms with Crippen molar-refractivity contribution in [3.05, 3.63) is 72.1 Å². The Hall–Kier alpha value is -2.88. The van der Waals surface area contributed by atoms with E-state index in [-0.39, 0.29) is 11.9 Å². The van der Waals surface area contributed by atoms with Crippen molar-refractivity contribution in [3.8, 4) is 0 Å². The Morgan fingerprint density at radius 3 is 2.64 bits per heavy atom. The molecule has 3 rings (SSSR count). The van der Waals surface area contributed by atoms with Gasteiger partial charge in [0.1, 0.15) is 5.82 Å². The normalized spacial score (nSPS) is 12.6. The maximum Gasteiger partial charge on any atom is 0.244 e. The lowest BCUT2D eigenvalue weighted by atomic mass is 10.2. The lowest BCUT2D eigenvalue weighted by Gasteiger charge is -2.09. The number of hydrogen-bond acceptors (Lipinski definition) is 2. The molecule has 0 aliphatic heterocycles. The van der Waals surface area contributed by atoms with Gasteiger partial charge in [0, 0.05) is 6.08 Å². The summed E-state index contributed by atoms with van der Waals surface area (Å²) in [6, 6.07) is 17.4. The second-order valence-electron chi connectivity index (χ2n) is 5.11. The highest BCUT2D eigenvalue weighted by Gasteiger charge is 2.11. The van der Waals surface area contributed by atoms with Crippen LogP contribution in [-0.4, -0.2) is 15.9 Å². The van der Waals surface area contributed by atoms with Gasteiger partial charge in [-0.15, -0.1) is 0 Å². The molecule has 22 heavy (non-hydrogen) atoms. The molecule has 110 valence electrons. The quantitative estimate of drug-likeness (QED) is 0.723. The van der Waals surface area contributed by atoms with E-state index in [0.717, 1.165) is 22.4 Å². The number of carbonyl (C=O) groups excluding carboxylic acids is 1. The van der Waals surface area contributed by atoms with Crippen molar-refractivity contribution in [1.82, 2.24) is 15.3 Å². The molecule has 0 saturated carbocycles. The van der Waals surface area contributed by atoms with Gasteiger partial charge in [-0.05, 0) is 30.7 Å². The molecule has 4 heteroatoms. The van der Waals surface area contributed by atoms with Crippen LogP contribution in [0, 0.1) is 0 Å². The molecule has 4 nitrogen and oxygen atoms in total. The fourth-order valence-electron chi connectivity index (χ4n) is 2.24. The third-order valence-corrected chi connectivity index (χ3v) is 3.40. The van der Waals surface area contributed by atoms with Gasteiger partial charge in [0.25, 0.3) is 0 Å². The summed E-state index contributed by atoms with van der Waals surface area (Å²) in [6.07, 6.45) is 3.33. The van der Waals surface area contributed by atoms with Crippen molar-refractivity contribution < 1.29 is 4.79 Å². The monoisotopic (exact) mass is 291 g/mol. The van der Waals surface area contributed by atoms with Crippen LogP contribution in [0.1, 0.15) is 24.4 Å². The van der Waals surface area contributed by atoms with Crippen molar-refractivity contribution in [1.29, 1.82) is 0 Å². The van der Waals surface area contributed by atoms with Crippen LogP contribution in [0.4, 0.5) is 0 Å². The van der Waals surface area contributed by atoms with Crippen molar-refractivity contribution in [2.75, 3.05) is 0 Å². The van der Waals surface area contributed by atoms with Crippen molar-refractivity contribution >= 4 is 23.0 Å². The van der Waals surface area contributed by atoms with Crippen LogP contribution in [-0.2, 0) is 4.79 Å². The van der Waals surface area contributed by atoms with E-state index in [4.69, 9.17) is 0 Å². The number of carbonyl (C=O) groups is 1. The first kappa shape index (κ1) is 14.1. The Morgan fingerprint density at radius 1 is 1.14 bits per heavy atom. The smallest absolute Gasteiger partial charge is 0.244 e. The molecule has 1 heterocycles. The molecule has 0 bridgehead atoms. The summed E-state index contributed by atoms with van der Waals surface area (Å²) in [5, 5.41) is 2.91. The average Bonchev–Trinajstić information content (AvgIpc) is 2.98. The Morgan fingerprint density at radius 2 is 1.86 bits per heavy atom. The van der Waals surface area contributed by atoms with E-state index >= 15 is 0 Å². The molecular formula is C18H17N3O. The third kappa shape index (κ3) is 3.23. The molecule has 1 aromatic heterocycles. The van der Waals surface area contributed by atoms with Crippen molar-refractivity contribution in [2.45, 2.75) is 13.0 Å². The molecule has 0 spiro atoms. The summed E-state index contributed by atoms with van der Waals surface area (Å²) < 4.78 is 0. The zero-order valence-corrected chi connectivity index (χ0v) is 12.3. The molecule has 2 N–H and O–H groups in total. The van der Waals surface area contributed by atoms with Crippen molar-refractivity contribution in [3.63, 3.8) is 0 Å². The number of aromatic nitrogens is 2. The second kappa shape index (κ2) is 6.26. The van der Waals surface area contributed by atoms with E-state index in [1.807, 2.05) is 61.5 Å². The molecule has 0 radical (unpaired) electrons. The van der Waals surface area contributed by atoms with Crippen LogP contribution in [0.3, 0.4) is 0 Å². The first-order valence-electron chi connectivity index (χ1n) is 7.20. The molecule has 0 aliphatic carbocycles. The third-order valence-electron chi connectivity index (χ3n) is 3.40. The molecular weight excluding hydrogens is 274 g/mol. The maximum atomic E-state index is 12.0. The predicted molar refractivity (Wildman–Crippen MR) is 88.1 cm³/mol. The van der Waals surface area contributed by atoms with Gasteiger partial charge in [0.2, 0.25) is 5.91 Å². The molecule has 1 atom stereocenters. The summed E-state index contributed by atoms with van der Waals surface area (Å²) in [6.45, 7) is 1.91. The van der Waals surface area contributed by atoms with E-state index < -0.39 is 0 Å². The number of nitrogens with zero attached hydrogens (tertiary/aromatic N) is 1. The molecule has 1 unspecified atom stereocenters. The number of imidazole rings is 1.